The molecule has 0 aromatic carbocycles. The van der Waals surface area contributed by atoms with Gasteiger partial charge in [0.2, 0.25) is 0 Å². The second-order valence-corrected chi connectivity index (χ2v) is 7.60. The van der Waals surface area contributed by atoms with E-state index >= 15 is 0 Å². The summed E-state index contributed by atoms with van der Waals surface area (Å²) < 4.78 is 2.17. The van der Waals surface area contributed by atoms with Crippen LogP contribution in [-0.2, 0) is 0 Å². The van der Waals surface area contributed by atoms with Crippen molar-refractivity contribution in [2.75, 3.05) is 0 Å². The van der Waals surface area contributed by atoms with E-state index in [-0.39, 0.29) is 12.0 Å². The van der Waals surface area contributed by atoms with Crippen LogP contribution in [0.4, 0.5) is 0 Å². The van der Waals surface area contributed by atoms with Crippen LogP contribution < -0.4 is 5.73 Å². The van der Waals surface area contributed by atoms with E-state index in [1.54, 1.807) is 17.5 Å². The predicted molar refractivity (Wildman–Crippen MR) is 79.3 cm³/mol. The van der Waals surface area contributed by atoms with Crippen LogP contribution in [0.25, 0.3) is 0 Å². The number of halogens is 2. The van der Waals surface area contributed by atoms with Gasteiger partial charge in [-0.25, -0.2) is 0 Å². The fourth-order valence-electron chi connectivity index (χ4n) is 1.68. The van der Waals surface area contributed by atoms with Gasteiger partial charge >= 0.3 is 0 Å². The van der Waals surface area contributed by atoms with Gasteiger partial charge in [-0.2, -0.15) is 0 Å². The molecule has 0 saturated carbocycles. The van der Waals surface area contributed by atoms with Gasteiger partial charge in [-0.1, -0.05) is 13.0 Å². The van der Waals surface area contributed by atoms with E-state index in [1.165, 1.54) is 0 Å². The molecule has 90 valence electrons. The molecule has 0 saturated heterocycles. The van der Waals surface area contributed by atoms with Gasteiger partial charge in [0.1, 0.15) is 0 Å². The van der Waals surface area contributed by atoms with Crippen molar-refractivity contribution in [2.45, 2.75) is 18.9 Å². The van der Waals surface area contributed by atoms with Crippen molar-refractivity contribution in [2.24, 2.45) is 5.73 Å². The van der Waals surface area contributed by atoms with E-state index in [9.17, 15) is 0 Å². The zero-order valence-electron chi connectivity index (χ0n) is 9.23. The first-order valence-electron chi connectivity index (χ1n) is 5.21. The molecule has 0 amide bonds. The van der Waals surface area contributed by atoms with Crippen LogP contribution in [0, 0.1) is 0 Å². The predicted octanol–water partition coefficient (Wildman–Crippen LogP) is 4.47. The molecular weight excluding hydrogens is 364 g/mol. The first-order chi connectivity index (χ1) is 8.09. The number of nitrogens with zero attached hydrogens (tertiary/aromatic N) is 1. The second kappa shape index (κ2) is 5.61. The monoisotopic (exact) mass is 374 g/mol. The molecule has 0 bridgehead atoms. The van der Waals surface area contributed by atoms with Crippen LogP contribution in [0.3, 0.4) is 0 Å². The van der Waals surface area contributed by atoms with Crippen LogP contribution in [0.15, 0.2) is 38.0 Å². The normalized spacial score (nSPS) is 14.6. The lowest BCUT2D eigenvalue weighted by Crippen LogP contribution is -2.18. The molecule has 0 aliphatic carbocycles. The van der Waals surface area contributed by atoms with Crippen LogP contribution >= 0.6 is 43.2 Å². The highest BCUT2D eigenvalue weighted by atomic mass is 79.9. The largest absolute Gasteiger partial charge is 0.323 e. The van der Waals surface area contributed by atoms with Crippen molar-refractivity contribution in [1.29, 1.82) is 0 Å². The van der Waals surface area contributed by atoms with Gasteiger partial charge < -0.3 is 5.73 Å². The zero-order chi connectivity index (χ0) is 12.4. The maximum atomic E-state index is 6.30. The Bertz CT molecular complexity index is 498. The Morgan fingerprint density at radius 2 is 2.12 bits per heavy atom. The summed E-state index contributed by atoms with van der Waals surface area (Å²) in [5.74, 6) is 0.189. The lowest BCUT2D eigenvalue weighted by atomic mass is 9.94. The van der Waals surface area contributed by atoms with E-state index in [1.807, 2.05) is 18.2 Å². The van der Waals surface area contributed by atoms with Gasteiger partial charge in [-0.3, -0.25) is 4.98 Å². The first kappa shape index (κ1) is 13.2. The van der Waals surface area contributed by atoms with E-state index < -0.39 is 0 Å². The van der Waals surface area contributed by atoms with Crippen molar-refractivity contribution < 1.29 is 0 Å². The van der Waals surface area contributed by atoms with Gasteiger partial charge in [0.25, 0.3) is 0 Å². The van der Waals surface area contributed by atoms with Crippen LogP contribution in [0.5, 0.6) is 0 Å². The Balaban J connectivity index is 2.26. The number of rotatable bonds is 3. The van der Waals surface area contributed by atoms with Crippen molar-refractivity contribution in [3.63, 3.8) is 0 Å². The van der Waals surface area contributed by atoms with Gasteiger partial charge in [-0.15, -0.1) is 11.3 Å². The quantitative estimate of drug-likeness (QED) is 0.859. The standard InChI is InChI=1S/C12H12Br2N2S/c1-7(9-4-2-3-5-16-9)11(15)8-6-10(13)17-12(8)14/h2-7,11H,15H2,1H3. The third-order valence-electron chi connectivity index (χ3n) is 2.74. The van der Waals surface area contributed by atoms with Gasteiger partial charge in [0, 0.05) is 23.9 Å². The molecule has 2 rings (SSSR count). The Morgan fingerprint density at radius 3 is 2.65 bits per heavy atom. The number of nitrogens with two attached hydrogens (primary N) is 1. The molecule has 0 aliphatic heterocycles. The summed E-state index contributed by atoms with van der Waals surface area (Å²) in [5.41, 5.74) is 8.45. The fourth-order valence-corrected chi connectivity index (χ4v) is 4.63. The van der Waals surface area contributed by atoms with Gasteiger partial charge in [-0.05, 0) is 55.6 Å². The lowest BCUT2D eigenvalue weighted by molar-refractivity contribution is 0.584. The third-order valence-corrected chi connectivity index (χ3v) is 5.12. The zero-order valence-corrected chi connectivity index (χ0v) is 13.2. The number of hydrogen-bond acceptors (Lipinski definition) is 3. The fraction of sp³-hybridized carbons (Fsp3) is 0.250. The highest BCUT2D eigenvalue weighted by molar-refractivity contribution is 9.12. The smallest absolute Gasteiger partial charge is 0.0758 e. The summed E-state index contributed by atoms with van der Waals surface area (Å²) in [5, 5.41) is 0. The molecule has 0 fully saturated rings. The van der Waals surface area contributed by atoms with E-state index in [4.69, 9.17) is 5.73 Å². The molecule has 17 heavy (non-hydrogen) atoms. The Morgan fingerprint density at radius 1 is 1.35 bits per heavy atom. The molecular formula is C12H12Br2N2S. The minimum Gasteiger partial charge on any atom is -0.323 e. The molecule has 2 atom stereocenters. The van der Waals surface area contributed by atoms with Crippen molar-refractivity contribution >= 4 is 43.2 Å². The molecule has 2 nitrogen and oxygen atoms in total. The summed E-state index contributed by atoms with van der Waals surface area (Å²) in [4.78, 5) is 4.36. The summed E-state index contributed by atoms with van der Waals surface area (Å²) in [6.45, 7) is 2.10. The third kappa shape index (κ3) is 2.96. The van der Waals surface area contributed by atoms with Gasteiger partial charge in [0.15, 0.2) is 0 Å². The molecule has 0 aliphatic rings. The molecule has 5 heteroatoms. The average molecular weight is 376 g/mol. The van der Waals surface area contributed by atoms with Crippen molar-refractivity contribution in [3.8, 4) is 0 Å². The number of aromatic nitrogens is 1. The molecule has 2 N–H and O–H groups in total. The SMILES string of the molecule is CC(c1ccccn1)C(N)c1cc(Br)sc1Br. The molecule has 2 aromatic rings. The Hall–Kier alpha value is -0.230. The number of thiophene rings is 1. The van der Waals surface area contributed by atoms with Crippen molar-refractivity contribution in [1.82, 2.24) is 4.98 Å². The van der Waals surface area contributed by atoms with E-state index in [0.29, 0.717) is 0 Å². The Labute approximate surface area is 122 Å². The van der Waals surface area contributed by atoms with Crippen LogP contribution in [0.2, 0.25) is 0 Å². The topological polar surface area (TPSA) is 38.9 Å². The molecule has 0 radical (unpaired) electrons. The van der Waals surface area contributed by atoms with Gasteiger partial charge in [0.05, 0.1) is 7.57 Å². The maximum Gasteiger partial charge on any atom is 0.0758 e. The minimum atomic E-state index is -0.0539. The minimum absolute atomic E-state index is 0.0539. The van der Waals surface area contributed by atoms with E-state index in [0.717, 1.165) is 18.8 Å². The lowest BCUT2D eigenvalue weighted by Gasteiger charge is -2.19. The maximum absolute atomic E-state index is 6.30. The summed E-state index contributed by atoms with van der Waals surface area (Å²) in [7, 11) is 0. The average Bonchev–Trinajstić information content (AvgIpc) is 2.68. The summed E-state index contributed by atoms with van der Waals surface area (Å²) >= 11 is 8.66. The molecule has 2 aromatic heterocycles. The number of hydrogen-bond donors (Lipinski definition) is 1. The molecule has 2 unspecified atom stereocenters. The second-order valence-electron chi connectivity index (χ2n) is 3.85. The summed E-state index contributed by atoms with van der Waals surface area (Å²) in [6.07, 6.45) is 1.80. The first-order valence-corrected chi connectivity index (χ1v) is 7.61. The van der Waals surface area contributed by atoms with Crippen LogP contribution in [0.1, 0.15) is 30.1 Å². The van der Waals surface area contributed by atoms with E-state index in [2.05, 4.69) is 49.8 Å². The highest BCUT2D eigenvalue weighted by Gasteiger charge is 2.21. The molecule has 2 heterocycles. The highest BCUT2D eigenvalue weighted by Crippen LogP contribution is 2.39. The van der Waals surface area contributed by atoms with Crippen LogP contribution in [-0.4, -0.2) is 4.98 Å². The molecule has 0 spiro atoms. The summed E-state index contributed by atoms with van der Waals surface area (Å²) in [6, 6.07) is 7.93. The van der Waals surface area contributed by atoms with Crippen molar-refractivity contribution in [3.05, 3.63) is 49.3 Å². The Kier molecular flexibility index (Phi) is 4.36. The number of pyridine rings is 1.